The van der Waals surface area contributed by atoms with E-state index in [1.165, 1.54) is 32.3 Å². The first-order chi connectivity index (χ1) is 16.1. The normalized spacial score (nSPS) is 12.4. The fraction of sp³-hybridized carbons (Fsp3) is 0.240. The van der Waals surface area contributed by atoms with Gasteiger partial charge in [-0.15, -0.1) is 0 Å². The van der Waals surface area contributed by atoms with Crippen LogP contribution >= 0.6 is 31.9 Å². The Labute approximate surface area is 217 Å². The maximum absolute atomic E-state index is 13.1. The summed E-state index contributed by atoms with van der Waals surface area (Å²) in [6.45, 7) is 2.37. The molecule has 0 radical (unpaired) electrons. The van der Waals surface area contributed by atoms with Crippen LogP contribution in [0.15, 0.2) is 80.6 Å². The van der Waals surface area contributed by atoms with E-state index in [9.17, 15) is 13.2 Å². The highest BCUT2D eigenvalue weighted by Crippen LogP contribution is 2.30. The molecule has 0 bridgehead atoms. The van der Waals surface area contributed by atoms with Crippen LogP contribution in [-0.2, 0) is 16.6 Å². The molecule has 3 rings (SSSR count). The molecule has 3 aromatic rings. The third-order valence-electron chi connectivity index (χ3n) is 5.31. The average molecular weight is 610 g/mol. The summed E-state index contributed by atoms with van der Waals surface area (Å²) in [6, 6.07) is 19.6. The number of benzene rings is 3. The Bertz CT molecular complexity index is 1280. The van der Waals surface area contributed by atoms with Crippen LogP contribution in [0.3, 0.4) is 0 Å². The van der Waals surface area contributed by atoms with E-state index in [4.69, 9.17) is 4.74 Å². The van der Waals surface area contributed by atoms with Crippen LogP contribution in [0.25, 0.3) is 0 Å². The lowest BCUT2D eigenvalue weighted by Crippen LogP contribution is -2.29. The molecule has 3 aromatic carbocycles. The fourth-order valence-electron chi connectivity index (χ4n) is 3.36. The minimum absolute atomic E-state index is 0.110. The van der Waals surface area contributed by atoms with E-state index in [2.05, 4.69) is 37.2 Å². The van der Waals surface area contributed by atoms with Gasteiger partial charge in [0.15, 0.2) is 0 Å². The molecule has 0 aromatic heterocycles. The van der Waals surface area contributed by atoms with Crippen molar-refractivity contribution in [3.63, 3.8) is 0 Å². The Kier molecular flexibility index (Phi) is 8.92. The number of para-hydroxylation sites is 1. The van der Waals surface area contributed by atoms with E-state index in [1.807, 2.05) is 55.5 Å². The van der Waals surface area contributed by atoms with Crippen molar-refractivity contribution in [1.82, 2.24) is 9.62 Å². The SMILES string of the molecule is CCC(NC(=O)c1ccc(S(=O)(=O)N(C)C)cc1Br)c1ccccc1OCc1ccccc1Br. The number of ether oxygens (including phenoxy) is 1. The van der Waals surface area contributed by atoms with Crippen LogP contribution in [0, 0.1) is 0 Å². The number of nitrogens with zero attached hydrogens (tertiary/aromatic N) is 1. The average Bonchev–Trinajstić information content (AvgIpc) is 2.82. The van der Waals surface area contributed by atoms with Crippen molar-refractivity contribution in [2.45, 2.75) is 30.9 Å². The van der Waals surface area contributed by atoms with E-state index in [0.717, 1.165) is 19.9 Å². The maximum Gasteiger partial charge on any atom is 0.252 e. The van der Waals surface area contributed by atoms with Crippen LogP contribution in [-0.4, -0.2) is 32.7 Å². The summed E-state index contributed by atoms with van der Waals surface area (Å²) < 4.78 is 33.4. The quantitative estimate of drug-likeness (QED) is 0.327. The predicted octanol–water partition coefficient (Wildman–Crippen LogP) is 5.92. The van der Waals surface area contributed by atoms with Crippen molar-refractivity contribution in [2.75, 3.05) is 14.1 Å². The minimum Gasteiger partial charge on any atom is -0.489 e. The molecular weight excluding hydrogens is 584 g/mol. The smallest absolute Gasteiger partial charge is 0.252 e. The third kappa shape index (κ3) is 6.07. The van der Waals surface area contributed by atoms with E-state index in [0.29, 0.717) is 28.8 Å². The summed E-state index contributed by atoms with van der Waals surface area (Å²) in [5.74, 6) is 0.380. The van der Waals surface area contributed by atoms with Gasteiger partial charge in [0.25, 0.3) is 5.91 Å². The molecule has 0 saturated carbocycles. The van der Waals surface area contributed by atoms with Gasteiger partial charge in [-0.2, -0.15) is 0 Å². The number of sulfonamides is 1. The molecule has 0 saturated heterocycles. The molecule has 0 heterocycles. The second kappa shape index (κ2) is 11.5. The van der Waals surface area contributed by atoms with Crippen LogP contribution in [0.2, 0.25) is 0 Å². The van der Waals surface area contributed by atoms with Gasteiger partial charge < -0.3 is 10.1 Å². The number of hydrogen-bond donors (Lipinski definition) is 1. The topological polar surface area (TPSA) is 75.7 Å². The maximum atomic E-state index is 13.1. The molecule has 0 aliphatic rings. The molecule has 34 heavy (non-hydrogen) atoms. The zero-order chi connectivity index (χ0) is 24.9. The Hall–Kier alpha value is -2.20. The second-order valence-corrected chi connectivity index (χ2v) is 11.6. The van der Waals surface area contributed by atoms with Crippen molar-refractivity contribution >= 4 is 47.8 Å². The Morgan fingerprint density at radius 1 is 1.00 bits per heavy atom. The number of amides is 1. The first-order valence-electron chi connectivity index (χ1n) is 10.6. The van der Waals surface area contributed by atoms with Gasteiger partial charge in [0.1, 0.15) is 12.4 Å². The first-order valence-corrected chi connectivity index (χ1v) is 13.7. The molecule has 0 spiro atoms. The number of rotatable bonds is 9. The molecule has 1 atom stereocenters. The van der Waals surface area contributed by atoms with Crippen molar-refractivity contribution in [2.24, 2.45) is 0 Å². The van der Waals surface area contributed by atoms with Crippen LogP contribution < -0.4 is 10.1 Å². The molecule has 9 heteroatoms. The predicted molar refractivity (Wildman–Crippen MR) is 140 cm³/mol. The molecule has 1 amide bonds. The number of hydrogen-bond acceptors (Lipinski definition) is 4. The largest absolute Gasteiger partial charge is 0.489 e. The molecule has 0 aliphatic carbocycles. The number of carbonyl (C=O) groups excluding carboxylic acids is 1. The Morgan fingerprint density at radius 2 is 1.68 bits per heavy atom. The molecule has 0 aliphatic heterocycles. The van der Waals surface area contributed by atoms with Crippen LogP contribution in [0.5, 0.6) is 5.75 Å². The van der Waals surface area contributed by atoms with Gasteiger partial charge >= 0.3 is 0 Å². The van der Waals surface area contributed by atoms with E-state index in [-0.39, 0.29) is 16.8 Å². The van der Waals surface area contributed by atoms with Gasteiger partial charge in [0.05, 0.1) is 16.5 Å². The summed E-state index contributed by atoms with van der Waals surface area (Å²) >= 11 is 6.90. The van der Waals surface area contributed by atoms with Crippen LogP contribution in [0.4, 0.5) is 0 Å². The monoisotopic (exact) mass is 608 g/mol. The van der Waals surface area contributed by atoms with Crippen molar-refractivity contribution in [3.8, 4) is 5.75 Å². The second-order valence-electron chi connectivity index (χ2n) is 7.78. The van der Waals surface area contributed by atoms with Gasteiger partial charge in [0.2, 0.25) is 10.0 Å². The van der Waals surface area contributed by atoms with Crippen molar-refractivity contribution < 1.29 is 17.9 Å². The summed E-state index contributed by atoms with van der Waals surface area (Å²) in [6.07, 6.45) is 0.645. The zero-order valence-corrected chi connectivity index (χ0v) is 23.1. The van der Waals surface area contributed by atoms with Gasteiger partial charge in [-0.05, 0) is 52.7 Å². The lowest BCUT2D eigenvalue weighted by molar-refractivity contribution is 0.0934. The van der Waals surface area contributed by atoms with E-state index in [1.54, 1.807) is 0 Å². The number of nitrogens with one attached hydrogen (secondary N) is 1. The van der Waals surface area contributed by atoms with E-state index >= 15 is 0 Å². The lowest BCUT2D eigenvalue weighted by atomic mass is 10.0. The summed E-state index contributed by atoms with van der Waals surface area (Å²) in [4.78, 5) is 13.2. The lowest BCUT2D eigenvalue weighted by Gasteiger charge is -2.21. The van der Waals surface area contributed by atoms with Crippen LogP contribution in [0.1, 0.15) is 40.9 Å². The minimum atomic E-state index is -3.60. The van der Waals surface area contributed by atoms with Gasteiger partial charge in [0, 0.05) is 34.2 Å². The van der Waals surface area contributed by atoms with Gasteiger partial charge in [-0.25, -0.2) is 12.7 Å². The molecule has 1 N–H and O–H groups in total. The van der Waals surface area contributed by atoms with Gasteiger partial charge in [-0.1, -0.05) is 59.3 Å². The molecule has 0 fully saturated rings. The number of halogens is 2. The Morgan fingerprint density at radius 3 is 2.32 bits per heavy atom. The highest BCUT2D eigenvalue weighted by atomic mass is 79.9. The molecular formula is C25H26Br2N2O4S. The Balaban J connectivity index is 1.80. The summed E-state index contributed by atoms with van der Waals surface area (Å²) in [5, 5.41) is 3.05. The fourth-order valence-corrected chi connectivity index (χ4v) is 5.40. The molecule has 180 valence electrons. The zero-order valence-electron chi connectivity index (χ0n) is 19.1. The first kappa shape index (κ1) is 26.4. The van der Waals surface area contributed by atoms with Crippen molar-refractivity contribution in [3.05, 3.63) is 92.4 Å². The highest BCUT2D eigenvalue weighted by molar-refractivity contribution is 9.10. The highest BCUT2D eigenvalue weighted by Gasteiger charge is 2.22. The molecule has 6 nitrogen and oxygen atoms in total. The third-order valence-corrected chi connectivity index (χ3v) is 8.55. The summed E-state index contributed by atoms with van der Waals surface area (Å²) in [7, 11) is -0.671. The van der Waals surface area contributed by atoms with Crippen molar-refractivity contribution in [1.29, 1.82) is 0 Å². The number of carbonyl (C=O) groups is 1. The summed E-state index contributed by atoms with van der Waals surface area (Å²) in [5.41, 5.74) is 2.24. The van der Waals surface area contributed by atoms with Gasteiger partial charge in [-0.3, -0.25) is 4.79 Å². The standard InChI is InChI=1S/C25H26Br2N2O4S/c1-4-23(20-10-6-8-12-24(20)33-16-17-9-5-7-11-21(17)26)28-25(30)19-14-13-18(15-22(19)27)34(31,32)29(2)3/h5-15,23H,4,16H2,1-3H3,(H,28,30). The molecule has 1 unspecified atom stereocenters. The van der Waals surface area contributed by atoms with E-state index < -0.39 is 10.0 Å².